The molecule has 1 heterocycles. The zero-order valence-electron chi connectivity index (χ0n) is 11.8. The Kier molecular flexibility index (Phi) is 5.63. The summed E-state index contributed by atoms with van der Waals surface area (Å²) >= 11 is 0. The Morgan fingerprint density at radius 3 is 1.50 bits per heavy atom. The Morgan fingerprint density at radius 1 is 0.889 bits per heavy atom. The van der Waals surface area contributed by atoms with Crippen LogP contribution in [0.3, 0.4) is 0 Å². The summed E-state index contributed by atoms with van der Waals surface area (Å²) in [5.41, 5.74) is 0. The number of rotatable bonds is 6. The predicted octanol–water partition coefficient (Wildman–Crippen LogP) is 2.70. The first-order valence-corrected chi connectivity index (χ1v) is 6.92. The zero-order chi connectivity index (χ0) is 13.7. The monoisotopic (exact) mass is 256 g/mol. The minimum Gasteiger partial charge on any atom is -0.447 e. The molecule has 0 aromatic carbocycles. The maximum Gasteiger partial charge on any atom is 0.348 e. The van der Waals surface area contributed by atoms with Gasteiger partial charge in [0.2, 0.25) is 12.2 Å². The molecule has 0 aliphatic carbocycles. The van der Waals surface area contributed by atoms with E-state index in [9.17, 15) is 9.59 Å². The summed E-state index contributed by atoms with van der Waals surface area (Å²) in [6.45, 7) is 7.91. The lowest BCUT2D eigenvalue weighted by atomic mass is 9.95. The van der Waals surface area contributed by atoms with Crippen molar-refractivity contribution in [2.75, 3.05) is 0 Å². The van der Waals surface area contributed by atoms with E-state index in [2.05, 4.69) is 0 Å². The van der Waals surface area contributed by atoms with Crippen molar-refractivity contribution in [3.8, 4) is 0 Å². The molecule has 104 valence electrons. The highest BCUT2D eigenvalue weighted by molar-refractivity contribution is 5.87. The van der Waals surface area contributed by atoms with Gasteiger partial charge < -0.3 is 9.47 Å². The number of cyclic esters (lactones) is 2. The summed E-state index contributed by atoms with van der Waals surface area (Å²) in [4.78, 5) is 23.8. The topological polar surface area (TPSA) is 52.6 Å². The minimum absolute atomic E-state index is 0.0221. The molecule has 4 heteroatoms. The van der Waals surface area contributed by atoms with Crippen molar-refractivity contribution in [3.05, 3.63) is 0 Å². The lowest BCUT2D eigenvalue weighted by molar-refractivity contribution is -0.202. The van der Waals surface area contributed by atoms with Gasteiger partial charge in [-0.05, 0) is 12.8 Å². The number of esters is 2. The van der Waals surface area contributed by atoms with Crippen molar-refractivity contribution in [3.63, 3.8) is 0 Å². The fourth-order valence-electron chi connectivity index (χ4n) is 2.39. The van der Waals surface area contributed by atoms with Gasteiger partial charge in [-0.15, -0.1) is 0 Å². The summed E-state index contributed by atoms with van der Waals surface area (Å²) in [7, 11) is 0. The quantitative estimate of drug-likeness (QED) is 0.686. The molecule has 1 rings (SSSR count). The molecule has 4 atom stereocenters. The molecule has 4 nitrogen and oxygen atoms in total. The van der Waals surface area contributed by atoms with Gasteiger partial charge in [0.05, 0.1) is 0 Å². The minimum atomic E-state index is -0.720. The van der Waals surface area contributed by atoms with Crippen LogP contribution in [0.15, 0.2) is 0 Å². The Balaban J connectivity index is 2.64. The molecular formula is C14H24O4. The van der Waals surface area contributed by atoms with Crippen LogP contribution in [0.2, 0.25) is 0 Å². The van der Waals surface area contributed by atoms with Crippen molar-refractivity contribution < 1.29 is 19.1 Å². The van der Waals surface area contributed by atoms with E-state index < -0.39 is 12.2 Å². The second-order valence-corrected chi connectivity index (χ2v) is 5.25. The fourth-order valence-corrected chi connectivity index (χ4v) is 2.39. The highest BCUT2D eigenvalue weighted by atomic mass is 16.6. The predicted molar refractivity (Wildman–Crippen MR) is 67.9 cm³/mol. The molecule has 18 heavy (non-hydrogen) atoms. The molecule has 1 saturated heterocycles. The van der Waals surface area contributed by atoms with Crippen LogP contribution in [-0.4, -0.2) is 24.1 Å². The molecule has 0 bridgehead atoms. The maximum absolute atomic E-state index is 11.9. The first kappa shape index (κ1) is 15.0. The van der Waals surface area contributed by atoms with Gasteiger partial charge in [-0.1, -0.05) is 40.5 Å². The van der Waals surface area contributed by atoms with Gasteiger partial charge in [-0.2, -0.15) is 0 Å². The van der Waals surface area contributed by atoms with Crippen LogP contribution in [0.1, 0.15) is 53.4 Å². The van der Waals surface area contributed by atoms with E-state index in [-0.39, 0.29) is 23.8 Å². The highest BCUT2D eigenvalue weighted by Gasteiger charge is 2.42. The first-order chi connectivity index (χ1) is 8.51. The molecule has 0 N–H and O–H groups in total. The number of carbonyl (C=O) groups is 2. The van der Waals surface area contributed by atoms with E-state index in [1.54, 1.807) is 0 Å². The van der Waals surface area contributed by atoms with Gasteiger partial charge in [0.25, 0.3) is 0 Å². The number of hydrogen-bond donors (Lipinski definition) is 0. The Bertz CT molecular complexity index is 270. The van der Waals surface area contributed by atoms with E-state index in [0.717, 1.165) is 25.7 Å². The largest absolute Gasteiger partial charge is 0.447 e. The van der Waals surface area contributed by atoms with Crippen LogP contribution >= 0.6 is 0 Å². The number of hydrogen-bond acceptors (Lipinski definition) is 4. The summed E-state index contributed by atoms with van der Waals surface area (Å²) in [6.07, 6.45) is 2.17. The van der Waals surface area contributed by atoms with Crippen molar-refractivity contribution >= 4 is 11.9 Å². The lowest BCUT2D eigenvalue weighted by Gasteiger charge is -2.33. The van der Waals surface area contributed by atoms with E-state index in [0.29, 0.717) is 0 Å². The lowest BCUT2D eigenvalue weighted by Crippen LogP contribution is -2.49. The standard InChI is InChI=1S/C14H24O4/c1-5-7-9(3)11-13(15)18-12(14(16)17-11)10(4)8-6-2/h9-12H,5-8H2,1-4H3. The second-order valence-electron chi connectivity index (χ2n) is 5.25. The Morgan fingerprint density at radius 2 is 1.22 bits per heavy atom. The van der Waals surface area contributed by atoms with Crippen LogP contribution < -0.4 is 0 Å². The third kappa shape index (κ3) is 3.47. The highest BCUT2D eigenvalue weighted by Crippen LogP contribution is 2.25. The molecule has 1 aliphatic rings. The summed E-state index contributed by atoms with van der Waals surface area (Å²) < 4.78 is 10.6. The van der Waals surface area contributed by atoms with Crippen LogP contribution in [0.25, 0.3) is 0 Å². The zero-order valence-corrected chi connectivity index (χ0v) is 11.8. The van der Waals surface area contributed by atoms with E-state index in [1.165, 1.54) is 0 Å². The van der Waals surface area contributed by atoms with Crippen molar-refractivity contribution in [2.24, 2.45) is 11.8 Å². The molecular weight excluding hydrogens is 232 g/mol. The molecule has 0 spiro atoms. The SMILES string of the molecule is CCCC(C)C1OC(=O)C(C(C)CCC)OC1=O. The van der Waals surface area contributed by atoms with Gasteiger partial charge in [-0.3, -0.25) is 0 Å². The average Bonchev–Trinajstić information content (AvgIpc) is 2.32. The van der Waals surface area contributed by atoms with Gasteiger partial charge >= 0.3 is 11.9 Å². The van der Waals surface area contributed by atoms with Crippen LogP contribution in [0, 0.1) is 11.8 Å². The molecule has 4 unspecified atom stereocenters. The molecule has 0 aromatic heterocycles. The second kappa shape index (κ2) is 6.76. The van der Waals surface area contributed by atoms with E-state index in [4.69, 9.17) is 9.47 Å². The van der Waals surface area contributed by atoms with Gasteiger partial charge in [0, 0.05) is 11.8 Å². The van der Waals surface area contributed by atoms with Gasteiger partial charge in [0.1, 0.15) is 0 Å². The van der Waals surface area contributed by atoms with E-state index >= 15 is 0 Å². The summed E-state index contributed by atoms with van der Waals surface area (Å²) in [5.74, 6) is -0.727. The van der Waals surface area contributed by atoms with Crippen molar-refractivity contribution in [1.29, 1.82) is 0 Å². The first-order valence-electron chi connectivity index (χ1n) is 6.92. The molecule has 0 aromatic rings. The molecule has 1 fully saturated rings. The number of ether oxygens (including phenoxy) is 2. The molecule has 0 radical (unpaired) electrons. The molecule has 0 saturated carbocycles. The normalized spacial score (nSPS) is 27.3. The van der Waals surface area contributed by atoms with E-state index in [1.807, 2.05) is 27.7 Å². The Labute approximate surface area is 109 Å². The third-order valence-electron chi connectivity index (χ3n) is 3.47. The van der Waals surface area contributed by atoms with Crippen molar-refractivity contribution in [1.82, 2.24) is 0 Å². The maximum atomic E-state index is 11.9. The third-order valence-corrected chi connectivity index (χ3v) is 3.47. The van der Waals surface area contributed by atoms with Crippen LogP contribution in [-0.2, 0) is 19.1 Å². The number of carbonyl (C=O) groups excluding carboxylic acids is 2. The smallest absolute Gasteiger partial charge is 0.348 e. The molecule has 0 amide bonds. The summed E-state index contributed by atoms with van der Waals surface area (Å²) in [6, 6.07) is 0. The average molecular weight is 256 g/mol. The van der Waals surface area contributed by atoms with Crippen LogP contribution in [0.4, 0.5) is 0 Å². The Hall–Kier alpha value is -1.06. The van der Waals surface area contributed by atoms with Crippen LogP contribution in [0.5, 0.6) is 0 Å². The molecule has 1 aliphatic heterocycles. The summed E-state index contributed by atoms with van der Waals surface area (Å²) in [5, 5.41) is 0. The van der Waals surface area contributed by atoms with Gasteiger partial charge in [-0.25, -0.2) is 9.59 Å². The van der Waals surface area contributed by atoms with Gasteiger partial charge in [0.15, 0.2) is 0 Å². The van der Waals surface area contributed by atoms with Crippen molar-refractivity contribution in [2.45, 2.75) is 65.6 Å². The fraction of sp³-hybridized carbons (Fsp3) is 0.857.